The number of rotatable bonds is 6. The lowest BCUT2D eigenvalue weighted by Gasteiger charge is -2.25. The average molecular weight is 291 g/mol. The van der Waals surface area contributed by atoms with Gasteiger partial charge in [-0.1, -0.05) is 30.9 Å². The fourth-order valence-electron chi connectivity index (χ4n) is 3.51. The first-order chi connectivity index (χ1) is 10.4. The molecule has 1 aromatic heterocycles. The van der Waals surface area contributed by atoms with E-state index in [0.29, 0.717) is 6.04 Å². The number of hydrogen-bond acceptors (Lipinski definition) is 4. The first-order valence-corrected chi connectivity index (χ1v) is 8.75. The van der Waals surface area contributed by atoms with Crippen LogP contribution in [0, 0.1) is 0 Å². The third kappa shape index (κ3) is 4.78. The fraction of sp³-hybridized carbons (Fsp3) is 0.875. The largest absolute Gasteiger partial charge is 0.308 e. The molecular formula is C16H29N5. The van der Waals surface area contributed by atoms with Gasteiger partial charge in [-0.15, -0.1) is 5.10 Å². The van der Waals surface area contributed by atoms with Crippen molar-refractivity contribution in [1.82, 2.24) is 25.2 Å². The van der Waals surface area contributed by atoms with Crippen LogP contribution in [-0.2, 0) is 13.1 Å². The van der Waals surface area contributed by atoms with Gasteiger partial charge >= 0.3 is 0 Å². The maximum absolute atomic E-state index is 4.30. The number of likely N-dealkylation sites (tertiary alicyclic amines) is 1. The highest BCUT2D eigenvalue weighted by Gasteiger charge is 2.13. The normalized spacial score (nSPS) is 21.7. The lowest BCUT2D eigenvalue weighted by Crippen LogP contribution is -2.32. The Bertz CT molecular complexity index is 368. The summed E-state index contributed by atoms with van der Waals surface area (Å²) in [6.45, 7) is 5.46. The smallest absolute Gasteiger partial charge is 0.0964 e. The zero-order chi connectivity index (χ0) is 14.3. The minimum Gasteiger partial charge on any atom is -0.308 e. The summed E-state index contributed by atoms with van der Waals surface area (Å²) in [7, 11) is 0. The lowest BCUT2D eigenvalue weighted by atomic mass is 9.95. The van der Waals surface area contributed by atoms with Crippen LogP contribution in [0.1, 0.15) is 57.1 Å². The van der Waals surface area contributed by atoms with E-state index in [1.54, 1.807) is 0 Å². The molecule has 0 bridgehead atoms. The van der Waals surface area contributed by atoms with Crippen molar-refractivity contribution in [3.8, 4) is 0 Å². The monoisotopic (exact) mass is 291 g/mol. The number of nitrogens with zero attached hydrogens (tertiary/aromatic N) is 4. The summed E-state index contributed by atoms with van der Waals surface area (Å²) in [6.07, 6.45) is 13.0. The Balaban J connectivity index is 1.38. The van der Waals surface area contributed by atoms with Gasteiger partial charge in [0.2, 0.25) is 0 Å². The average Bonchev–Trinajstić information content (AvgIpc) is 3.01. The molecule has 3 rings (SSSR count). The summed E-state index contributed by atoms with van der Waals surface area (Å²) >= 11 is 0. The topological polar surface area (TPSA) is 46.0 Å². The van der Waals surface area contributed by atoms with Gasteiger partial charge in [0.05, 0.1) is 12.2 Å². The van der Waals surface area contributed by atoms with Gasteiger partial charge in [0, 0.05) is 25.3 Å². The van der Waals surface area contributed by atoms with Gasteiger partial charge in [-0.2, -0.15) is 0 Å². The molecule has 0 aromatic carbocycles. The number of nitrogens with one attached hydrogen (secondary N) is 1. The SMILES string of the molecule is c1c(CNC2CCCCC2)nnn1CCN1CCCCC1. The molecule has 1 aromatic rings. The quantitative estimate of drug-likeness (QED) is 0.872. The molecule has 0 amide bonds. The highest BCUT2D eigenvalue weighted by Crippen LogP contribution is 2.17. The van der Waals surface area contributed by atoms with Crippen molar-refractivity contribution >= 4 is 0 Å². The highest BCUT2D eigenvalue weighted by atomic mass is 15.4. The molecule has 1 N–H and O–H groups in total. The molecule has 1 saturated carbocycles. The number of piperidine rings is 1. The summed E-state index contributed by atoms with van der Waals surface area (Å²) in [5.41, 5.74) is 1.08. The predicted molar refractivity (Wildman–Crippen MR) is 84.0 cm³/mol. The third-order valence-corrected chi connectivity index (χ3v) is 4.86. The molecule has 5 heteroatoms. The van der Waals surface area contributed by atoms with E-state index in [1.165, 1.54) is 64.5 Å². The Morgan fingerprint density at radius 3 is 2.57 bits per heavy atom. The summed E-state index contributed by atoms with van der Waals surface area (Å²) in [4.78, 5) is 2.55. The molecule has 0 atom stereocenters. The minimum absolute atomic E-state index is 0.692. The van der Waals surface area contributed by atoms with E-state index in [9.17, 15) is 0 Å². The van der Waals surface area contributed by atoms with Crippen molar-refractivity contribution in [1.29, 1.82) is 0 Å². The van der Waals surface area contributed by atoms with Crippen LogP contribution >= 0.6 is 0 Å². The van der Waals surface area contributed by atoms with E-state index < -0.39 is 0 Å². The summed E-state index contributed by atoms with van der Waals surface area (Å²) in [5.74, 6) is 0. The van der Waals surface area contributed by atoms with Gasteiger partial charge < -0.3 is 10.2 Å². The maximum Gasteiger partial charge on any atom is 0.0964 e. The second kappa shape index (κ2) is 7.90. The van der Waals surface area contributed by atoms with Crippen LogP contribution in [0.2, 0.25) is 0 Å². The minimum atomic E-state index is 0.692. The van der Waals surface area contributed by atoms with E-state index in [4.69, 9.17) is 0 Å². The second-order valence-electron chi connectivity index (χ2n) is 6.59. The predicted octanol–water partition coefficient (Wildman–Crippen LogP) is 2.19. The van der Waals surface area contributed by atoms with E-state index in [1.807, 2.05) is 4.68 Å². The van der Waals surface area contributed by atoms with Crippen molar-refractivity contribution in [2.24, 2.45) is 0 Å². The molecule has 118 valence electrons. The van der Waals surface area contributed by atoms with E-state index in [0.717, 1.165) is 25.3 Å². The van der Waals surface area contributed by atoms with Crippen molar-refractivity contribution in [2.45, 2.75) is 70.5 Å². The van der Waals surface area contributed by atoms with Crippen LogP contribution < -0.4 is 5.32 Å². The van der Waals surface area contributed by atoms with E-state index in [2.05, 4.69) is 26.7 Å². The second-order valence-corrected chi connectivity index (χ2v) is 6.59. The van der Waals surface area contributed by atoms with Crippen molar-refractivity contribution < 1.29 is 0 Å². The molecule has 1 aliphatic heterocycles. The molecule has 1 saturated heterocycles. The van der Waals surface area contributed by atoms with Crippen molar-refractivity contribution in [3.05, 3.63) is 11.9 Å². The molecule has 1 aliphatic carbocycles. The van der Waals surface area contributed by atoms with Gasteiger partial charge in [-0.05, 0) is 38.8 Å². The number of hydrogen-bond donors (Lipinski definition) is 1. The molecule has 0 spiro atoms. The van der Waals surface area contributed by atoms with Crippen LogP contribution in [-0.4, -0.2) is 45.6 Å². The maximum atomic E-state index is 4.30. The Morgan fingerprint density at radius 2 is 1.76 bits per heavy atom. The summed E-state index contributed by atoms with van der Waals surface area (Å²) < 4.78 is 2.01. The molecule has 2 aliphatic rings. The fourth-order valence-corrected chi connectivity index (χ4v) is 3.51. The zero-order valence-electron chi connectivity index (χ0n) is 13.1. The van der Waals surface area contributed by atoms with Crippen LogP contribution in [0.4, 0.5) is 0 Å². The highest BCUT2D eigenvalue weighted by molar-refractivity contribution is 4.92. The van der Waals surface area contributed by atoms with Crippen LogP contribution in [0.25, 0.3) is 0 Å². The van der Waals surface area contributed by atoms with Crippen LogP contribution in [0.5, 0.6) is 0 Å². The van der Waals surface area contributed by atoms with Gasteiger partial charge in [-0.3, -0.25) is 4.68 Å². The molecule has 5 nitrogen and oxygen atoms in total. The van der Waals surface area contributed by atoms with E-state index >= 15 is 0 Å². The molecule has 0 radical (unpaired) electrons. The number of aromatic nitrogens is 3. The molecule has 2 fully saturated rings. The van der Waals surface area contributed by atoms with Crippen LogP contribution in [0.3, 0.4) is 0 Å². The Morgan fingerprint density at radius 1 is 1.00 bits per heavy atom. The lowest BCUT2D eigenvalue weighted by molar-refractivity contribution is 0.217. The van der Waals surface area contributed by atoms with Gasteiger partial charge in [0.25, 0.3) is 0 Å². The first kappa shape index (κ1) is 15.0. The first-order valence-electron chi connectivity index (χ1n) is 8.75. The summed E-state index contributed by atoms with van der Waals surface area (Å²) in [6, 6.07) is 0.692. The molecular weight excluding hydrogens is 262 g/mol. The van der Waals surface area contributed by atoms with E-state index in [-0.39, 0.29) is 0 Å². The Labute approximate surface area is 128 Å². The van der Waals surface area contributed by atoms with Gasteiger partial charge in [0.15, 0.2) is 0 Å². The van der Waals surface area contributed by atoms with Crippen molar-refractivity contribution in [3.63, 3.8) is 0 Å². The third-order valence-electron chi connectivity index (χ3n) is 4.86. The van der Waals surface area contributed by atoms with Gasteiger partial charge in [0.1, 0.15) is 0 Å². The summed E-state index contributed by atoms with van der Waals surface area (Å²) in [5, 5.41) is 12.2. The van der Waals surface area contributed by atoms with Crippen molar-refractivity contribution in [2.75, 3.05) is 19.6 Å². The molecule has 21 heavy (non-hydrogen) atoms. The zero-order valence-corrected chi connectivity index (χ0v) is 13.1. The van der Waals surface area contributed by atoms with Crippen LogP contribution in [0.15, 0.2) is 6.20 Å². The molecule has 0 unspecified atom stereocenters. The standard InChI is InChI=1S/C16H29N5/c1-3-7-15(8-4-1)17-13-16-14-21(19-18-16)12-11-20-9-5-2-6-10-20/h14-15,17H,1-13H2. The Hall–Kier alpha value is -0.940. The molecule has 2 heterocycles. The Kier molecular flexibility index (Phi) is 5.63. The van der Waals surface area contributed by atoms with Gasteiger partial charge in [-0.25, -0.2) is 0 Å².